The van der Waals surface area contributed by atoms with Crippen molar-refractivity contribution in [2.75, 3.05) is 33.8 Å². The van der Waals surface area contributed by atoms with Gasteiger partial charge in [-0.25, -0.2) is 0 Å². The van der Waals surface area contributed by atoms with Gasteiger partial charge in [-0.15, -0.1) is 11.3 Å². The summed E-state index contributed by atoms with van der Waals surface area (Å²) in [5.41, 5.74) is 0.844. The van der Waals surface area contributed by atoms with E-state index in [0.29, 0.717) is 32.7 Å². The van der Waals surface area contributed by atoms with Crippen molar-refractivity contribution in [1.82, 2.24) is 9.80 Å². The molecular formula is C22H30N2O3S. The highest BCUT2D eigenvalue weighted by atomic mass is 32.1. The number of carbonyl (C=O) groups excluding carboxylic acids is 1. The molecule has 0 bridgehead atoms. The minimum atomic E-state index is -0.958. The Hall–Kier alpha value is -1.89. The molecule has 5 nitrogen and oxygen atoms in total. The third-order valence-electron chi connectivity index (χ3n) is 5.03. The number of hydrogen-bond donors (Lipinski definition) is 1. The minimum Gasteiger partial charge on any atom is -0.491 e. The second-order valence-corrected chi connectivity index (χ2v) is 8.96. The number of amides is 1. The van der Waals surface area contributed by atoms with Gasteiger partial charge in [0, 0.05) is 30.0 Å². The van der Waals surface area contributed by atoms with E-state index in [1.807, 2.05) is 55.1 Å². The Morgan fingerprint density at radius 1 is 1.36 bits per heavy atom. The first kappa shape index (κ1) is 20.8. The molecule has 0 saturated carbocycles. The van der Waals surface area contributed by atoms with Crippen LogP contribution in [0.15, 0.2) is 35.7 Å². The average Bonchev–Trinajstić information content (AvgIpc) is 3.04. The standard InChI is InChI=1S/C22H30N2O3S/c1-22(26,16-23(2)3)18-9-10-20-17(14-18)15-24(11-12-27-20)21(25)8-4-6-19-7-5-13-28-19/h5,7,9-10,13-14,26H,4,6,8,11-12,15-16H2,1-3H3. The topological polar surface area (TPSA) is 53.0 Å². The van der Waals surface area contributed by atoms with Gasteiger partial charge < -0.3 is 19.6 Å². The van der Waals surface area contributed by atoms with Crippen molar-refractivity contribution in [3.63, 3.8) is 0 Å². The van der Waals surface area contributed by atoms with Crippen LogP contribution in [0.2, 0.25) is 0 Å². The summed E-state index contributed by atoms with van der Waals surface area (Å²) in [5.74, 6) is 0.969. The molecule has 0 fully saturated rings. The third kappa shape index (κ3) is 5.34. The fourth-order valence-electron chi connectivity index (χ4n) is 3.68. The van der Waals surface area contributed by atoms with Gasteiger partial charge in [-0.1, -0.05) is 12.1 Å². The van der Waals surface area contributed by atoms with Gasteiger partial charge in [0.05, 0.1) is 12.1 Å². The van der Waals surface area contributed by atoms with E-state index >= 15 is 0 Å². The number of ether oxygens (including phenoxy) is 1. The molecule has 28 heavy (non-hydrogen) atoms. The van der Waals surface area contributed by atoms with Crippen LogP contribution in [0.4, 0.5) is 0 Å². The number of aliphatic hydroxyl groups is 1. The molecule has 2 heterocycles. The summed E-state index contributed by atoms with van der Waals surface area (Å²) in [5, 5.41) is 12.9. The highest BCUT2D eigenvalue weighted by Gasteiger charge is 2.27. The Morgan fingerprint density at radius 3 is 2.89 bits per heavy atom. The Morgan fingerprint density at radius 2 is 2.18 bits per heavy atom. The van der Waals surface area contributed by atoms with Crippen LogP contribution < -0.4 is 4.74 Å². The maximum Gasteiger partial charge on any atom is 0.222 e. The van der Waals surface area contributed by atoms with Crippen molar-refractivity contribution in [2.45, 2.75) is 38.3 Å². The van der Waals surface area contributed by atoms with Crippen molar-refractivity contribution in [2.24, 2.45) is 0 Å². The summed E-state index contributed by atoms with van der Waals surface area (Å²) in [6, 6.07) is 9.98. The van der Waals surface area contributed by atoms with Gasteiger partial charge in [0.2, 0.25) is 5.91 Å². The SMILES string of the molecule is CN(C)CC(C)(O)c1ccc2c(c1)CN(C(=O)CCCc1cccs1)CCO2. The molecule has 0 spiro atoms. The molecule has 1 aliphatic heterocycles. The van der Waals surface area contributed by atoms with E-state index in [9.17, 15) is 9.90 Å². The fraction of sp³-hybridized carbons (Fsp3) is 0.500. The number of rotatable bonds is 7. The van der Waals surface area contributed by atoms with Crippen LogP contribution in [0, 0.1) is 0 Å². The van der Waals surface area contributed by atoms with E-state index in [4.69, 9.17) is 4.74 Å². The molecule has 0 saturated heterocycles. The third-order valence-corrected chi connectivity index (χ3v) is 5.97. The number of benzene rings is 1. The quantitative estimate of drug-likeness (QED) is 0.772. The predicted molar refractivity (Wildman–Crippen MR) is 113 cm³/mol. The molecule has 1 aliphatic rings. The molecule has 0 radical (unpaired) electrons. The van der Waals surface area contributed by atoms with E-state index < -0.39 is 5.60 Å². The van der Waals surface area contributed by atoms with Crippen LogP contribution in [0.1, 0.15) is 35.8 Å². The minimum absolute atomic E-state index is 0.165. The van der Waals surface area contributed by atoms with E-state index in [2.05, 4.69) is 11.4 Å². The van der Waals surface area contributed by atoms with Gasteiger partial charge >= 0.3 is 0 Å². The Balaban J connectivity index is 1.66. The molecule has 1 aromatic heterocycles. The molecule has 0 aliphatic carbocycles. The summed E-state index contributed by atoms with van der Waals surface area (Å²) in [6.07, 6.45) is 2.36. The number of aryl methyl sites for hydroxylation is 1. The summed E-state index contributed by atoms with van der Waals surface area (Å²) >= 11 is 1.74. The Bertz CT molecular complexity index is 787. The van der Waals surface area contributed by atoms with Crippen molar-refractivity contribution in [1.29, 1.82) is 0 Å². The van der Waals surface area contributed by atoms with E-state index in [1.165, 1.54) is 4.88 Å². The van der Waals surface area contributed by atoms with Crippen LogP contribution in [-0.2, 0) is 23.4 Å². The number of nitrogens with zero attached hydrogens (tertiary/aromatic N) is 2. The first-order valence-corrected chi connectivity index (χ1v) is 10.7. The Kier molecular flexibility index (Phi) is 6.75. The van der Waals surface area contributed by atoms with Gasteiger partial charge in [0.25, 0.3) is 0 Å². The number of hydrogen-bond acceptors (Lipinski definition) is 5. The van der Waals surface area contributed by atoms with Crippen LogP contribution >= 0.6 is 11.3 Å². The zero-order chi connectivity index (χ0) is 20.1. The van der Waals surface area contributed by atoms with Gasteiger partial charge in [0.1, 0.15) is 12.4 Å². The predicted octanol–water partition coefficient (Wildman–Crippen LogP) is 3.26. The zero-order valence-electron chi connectivity index (χ0n) is 17.0. The first-order valence-electron chi connectivity index (χ1n) is 9.78. The second kappa shape index (κ2) is 9.07. The van der Waals surface area contributed by atoms with E-state index in [0.717, 1.165) is 29.7 Å². The number of likely N-dealkylation sites (N-methyl/N-ethyl adjacent to an activating group) is 1. The lowest BCUT2D eigenvalue weighted by Crippen LogP contribution is -2.35. The van der Waals surface area contributed by atoms with Crippen LogP contribution in [0.5, 0.6) is 5.75 Å². The van der Waals surface area contributed by atoms with Gasteiger partial charge in [-0.05, 0) is 63.0 Å². The lowest BCUT2D eigenvalue weighted by Gasteiger charge is -2.28. The molecule has 2 aromatic rings. The molecule has 152 valence electrons. The summed E-state index contributed by atoms with van der Waals surface area (Å²) < 4.78 is 5.86. The Labute approximate surface area is 171 Å². The smallest absolute Gasteiger partial charge is 0.222 e. The average molecular weight is 403 g/mol. The highest BCUT2D eigenvalue weighted by molar-refractivity contribution is 7.09. The fourth-order valence-corrected chi connectivity index (χ4v) is 4.43. The number of fused-ring (bicyclic) bond motifs is 1. The first-order chi connectivity index (χ1) is 13.3. The zero-order valence-corrected chi connectivity index (χ0v) is 17.8. The second-order valence-electron chi connectivity index (χ2n) is 7.93. The maximum atomic E-state index is 12.7. The molecule has 1 atom stereocenters. The van der Waals surface area contributed by atoms with Crippen molar-refractivity contribution in [3.8, 4) is 5.75 Å². The molecule has 1 aromatic carbocycles. The summed E-state index contributed by atoms with van der Waals surface area (Å²) in [4.78, 5) is 17.9. The normalized spacial score (nSPS) is 16.2. The summed E-state index contributed by atoms with van der Waals surface area (Å²) in [6.45, 7) is 3.96. The lowest BCUT2D eigenvalue weighted by molar-refractivity contribution is -0.132. The summed E-state index contributed by atoms with van der Waals surface area (Å²) in [7, 11) is 3.88. The van der Waals surface area contributed by atoms with Crippen LogP contribution in [-0.4, -0.2) is 54.6 Å². The molecule has 1 N–H and O–H groups in total. The largest absolute Gasteiger partial charge is 0.491 e. The van der Waals surface area contributed by atoms with Crippen molar-refractivity contribution >= 4 is 17.2 Å². The van der Waals surface area contributed by atoms with Gasteiger partial charge in [0.15, 0.2) is 0 Å². The van der Waals surface area contributed by atoms with Crippen LogP contribution in [0.25, 0.3) is 0 Å². The molecule has 1 unspecified atom stereocenters. The van der Waals surface area contributed by atoms with Crippen LogP contribution in [0.3, 0.4) is 0 Å². The van der Waals surface area contributed by atoms with Gasteiger partial charge in [-0.2, -0.15) is 0 Å². The van der Waals surface area contributed by atoms with Gasteiger partial charge in [-0.3, -0.25) is 4.79 Å². The molecule has 6 heteroatoms. The number of thiophene rings is 1. The van der Waals surface area contributed by atoms with E-state index in [-0.39, 0.29) is 5.91 Å². The molecule has 3 rings (SSSR count). The van der Waals surface area contributed by atoms with Crippen molar-refractivity contribution in [3.05, 3.63) is 51.7 Å². The van der Waals surface area contributed by atoms with E-state index in [1.54, 1.807) is 11.3 Å². The molecule has 1 amide bonds. The lowest BCUT2D eigenvalue weighted by atomic mass is 9.93. The number of carbonyl (C=O) groups is 1. The monoisotopic (exact) mass is 402 g/mol. The van der Waals surface area contributed by atoms with Crippen molar-refractivity contribution < 1.29 is 14.6 Å². The maximum absolute atomic E-state index is 12.7. The highest BCUT2D eigenvalue weighted by Crippen LogP contribution is 2.30. The molecular weight excluding hydrogens is 372 g/mol.